The molecule has 0 aromatic carbocycles. The molecule has 0 aromatic rings. The van der Waals surface area contributed by atoms with Crippen molar-refractivity contribution < 1.29 is 43.0 Å². The van der Waals surface area contributed by atoms with Crippen LogP contribution in [0.3, 0.4) is 0 Å². The van der Waals surface area contributed by atoms with Crippen LogP contribution in [0.25, 0.3) is 0 Å². The van der Waals surface area contributed by atoms with E-state index >= 15 is 0 Å². The third-order valence-electron chi connectivity index (χ3n) is 8.36. The first-order valence-corrected chi connectivity index (χ1v) is 23.7. The highest BCUT2D eigenvalue weighted by Gasteiger charge is 2.26. The van der Waals surface area contributed by atoms with Crippen molar-refractivity contribution in [1.29, 1.82) is 0 Å². The van der Waals surface area contributed by atoms with Crippen LogP contribution >= 0.6 is 7.82 Å². The van der Waals surface area contributed by atoms with Gasteiger partial charge in [0.1, 0.15) is 12.2 Å². The fraction of sp³-hybridized carbons (Fsp3) is 0.540. The molecule has 0 saturated carbocycles. The molecule has 0 bridgehead atoms. The number of esters is 1. The molecule has 338 valence electrons. The maximum absolute atomic E-state index is 12.6. The fourth-order valence-corrected chi connectivity index (χ4v) is 5.87. The minimum atomic E-state index is -4.56. The van der Waals surface area contributed by atoms with E-state index < -0.39 is 45.8 Å². The fourth-order valence-electron chi connectivity index (χ4n) is 5.08. The molecule has 0 aromatic heterocycles. The Balaban J connectivity index is 4.33. The van der Waals surface area contributed by atoms with Gasteiger partial charge in [-0.15, -0.1) is 0 Å². The molecule has 0 saturated heterocycles. The summed E-state index contributed by atoms with van der Waals surface area (Å²) in [4.78, 5) is 22.5. The summed E-state index contributed by atoms with van der Waals surface area (Å²) in [5, 5.41) is 18.4. The lowest BCUT2D eigenvalue weighted by Crippen LogP contribution is -2.28. The van der Waals surface area contributed by atoms with Crippen LogP contribution in [0.1, 0.15) is 129 Å². The first-order chi connectivity index (χ1) is 29.3. The van der Waals surface area contributed by atoms with E-state index in [0.29, 0.717) is 13.0 Å². The van der Waals surface area contributed by atoms with E-state index in [1.165, 1.54) is 0 Å². The van der Waals surface area contributed by atoms with Crippen LogP contribution in [0, 0.1) is 0 Å². The summed E-state index contributed by atoms with van der Waals surface area (Å²) in [6.45, 7) is 3.06. The van der Waals surface area contributed by atoms with Gasteiger partial charge in [-0.3, -0.25) is 13.8 Å². The first-order valence-electron chi connectivity index (χ1n) is 22.2. The Labute approximate surface area is 364 Å². The number of hydrogen-bond acceptors (Lipinski definition) is 8. The topological polar surface area (TPSA) is 132 Å². The molecule has 0 fully saturated rings. The Morgan fingerprint density at radius 2 is 0.900 bits per heavy atom. The number of carbonyl (C=O) groups excluding carboxylic acids is 1. The molecule has 3 N–H and O–H groups in total. The largest absolute Gasteiger partial charge is 0.472 e. The number of aliphatic hydroxyl groups is 2. The molecule has 0 aliphatic rings. The Morgan fingerprint density at radius 1 is 0.517 bits per heavy atom. The van der Waals surface area contributed by atoms with E-state index in [1.54, 1.807) is 6.08 Å². The van der Waals surface area contributed by atoms with Gasteiger partial charge in [-0.1, -0.05) is 167 Å². The van der Waals surface area contributed by atoms with Gasteiger partial charge in [-0.25, -0.2) is 4.57 Å². The summed E-state index contributed by atoms with van der Waals surface area (Å²) in [5.74, 6) is -0.523. The smallest absolute Gasteiger partial charge is 0.457 e. The number of aliphatic hydroxyl groups excluding tert-OH is 2. The Hall–Kier alpha value is -3.40. The predicted molar refractivity (Wildman–Crippen MR) is 251 cm³/mol. The first kappa shape index (κ1) is 56.6. The van der Waals surface area contributed by atoms with E-state index in [-0.39, 0.29) is 13.0 Å². The molecule has 0 amide bonds. The van der Waals surface area contributed by atoms with Crippen LogP contribution in [-0.4, -0.2) is 66.3 Å². The quantitative estimate of drug-likeness (QED) is 0.0238. The van der Waals surface area contributed by atoms with Crippen LogP contribution in [0.15, 0.2) is 134 Å². The summed E-state index contributed by atoms with van der Waals surface area (Å²) >= 11 is 0. The Kier molecular flexibility index (Phi) is 42.6. The minimum absolute atomic E-state index is 0.0145. The maximum atomic E-state index is 12.6. The molecule has 0 radical (unpaired) electrons. The van der Waals surface area contributed by atoms with Gasteiger partial charge in [0.2, 0.25) is 0 Å². The molecular formula is C50H79O9P. The SMILES string of the molecule is CC/C=C\C/C=C\C/C=C\C/C=C\C/C=C\C/C=C\CCCCCCCOCC(COP(=O)(O)OCC(O)CO)OC(=O)C/C=C\C/C=C\C/C=C\C/C=C\C/C=C\CC. The lowest BCUT2D eigenvalue weighted by Gasteiger charge is -2.20. The average Bonchev–Trinajstić information content (AvgIpc) is 3.24. The van der Waals surface area contributed by atoms with E-state index in [9.17, 15) is 19.4 Å². The Bertz CT molecular complexity index is 1380. The van der Waals surface area contributed by atoms with Crippen LogP contribution in [0.2, 0.25) is 0 Å². The van der Waals surface area contributed by atoms with Crippen molar-refractivity contribution >= 4 is 13.8 Å². The van der Waals surface area contributed by atoms with Crippen LogP contribution in [-0.2, 0) is 27.9 Å². The number of phosphoric ester groups is 1. The molecular weight excluding hydrogens is 776 g/mol. The molecule has 3 unspecified atom stereocenters. The van der Waals surface area contributed by atoms with E-state index in [4.69, 9.17) is 23.6 Å². The number of rotatable bonds is 40. The van der Waals surface area contributed by atoms with Gasteiger partial charge in [-0.05, 0) is 89.9 Å². The predicted octanol–water partition coefficient (Wildman–Crippen LogP) is 12.6. The van der Waals surface area contributed by atoms with Gasteiger partial charge in [0, 0.05) is 6.61 Å². The highest BCUT2D eigenvalue weighted by Crippen LogP contribution is 2.43. The molecule has 3 atom stereocenters. The standard InChI is InChI=1S/C50H79O9P/c1-3-5-7-9-11-13-15-17-19-20-21-22-23-24-25-26-27-29-31-33-35-37-39-41-43-56-46-49(47-58-60(54,55)57-45-48(52)44-51)59-50(53)42-40-38-36-34-32-30-28-18-16-14-12-10-8-6-4-2/h5-8,11-14,17-19,21-22,24-25,27-29,32,34,38,40,48-49,51-52H,3-4,9-10,15-16,20,23,26,30-31,33,35-37,39,41-47H2,1-2H3,(H,54,55)/b7-5-,8-6-,13-11-,14-12-,19-17-,22-21-,25-24-,28-18-,29-27-,34-32-,40-38-. The summed E-state index contributed by atoms with van der Waals surface area (Å²) in [7, 11) is -4.56. The number of hydrogen-bond donors (Lipinski definition) is 3. The zero-order valence-electron chi connectivity index (χ0n) is 36.9. The van der Waals surface area contributed by atoms with E-state index in [2.05, 4.69) is 129 Å². The third kappa shape index (κ3) is 44.2. The lowest BCUT2D eigenvalue weighted by molar-refractivity contribution is -0.153. The Morgan fingerprint density at radius 3 is 1.35 bits per heavy atom. The van der Waals surface area contributed by atoms with Crippen LogP contribution < -0.4 is 0 Å². The molecule has 0 aliphatic carbocycles. The molecule has 10 heteroatoms. The average molecular weight is 855 g/mol. The highest BCUT2D eigenvalue weighted by molar-refractivity contribution is 7.47. The van der Waals surface area contributed by atoms with Crippen LogP contribution in [0.5, 0.6) is 0 Å². The second-order valence-corrected chi connectivity index (χ2v) is 15.4. The molecule has 9 nitrogen and oxygen atoms in total. The van der Waals surface area contributed by atoms with Crippen LogP contribution in [0.4, 0.5) is 0 Å². The normalized spacial score (nSPS) is 15.2. The monoisotopic (exact) mass is 855 g/mol. The second-order valence-electron chi connectivity index (χ2n) is 14.0. The zero-order chi connectivity index (χ0) is 43.9. The zero-order valence-corrected chi connectivity index (χ0v) is 37.8. The van der Waals surface area contributed by atoms with E-state index in [1.807, 2.05) is 12.2 Å². The number of phosphoric acid groups is 1. The molecule has 0 rings (SSSR count). The number of ether oxygens (including phenoxy) is 2. The number of allylic oxidation sites excluding steroid dienone is 21. The number of unbranched alkanes of at least 4 members (excludes halogenated alkanes) is 5. The van der Waals surface area contributed by atoms with Gasteiger partial charge < -0.3 is 24.6 Å². The van der Waals surface area contributed by atoms with Crippen molar-refractivity contribution in [3.63, 3.8) is 0 Å². The van der Waals surface area contributed by atoms with Gasteiger partial charge in [-0.2, -0.15) is 0 Å². The second kappa shape index (κ2) is 45.1. The summed E-state index contributed by atoms with van der Waals surface area (Å²) in [6, 6.07) is 0. The van der Waals surface area contributed by atoms with Crippen molar-refractivity contribution in [2.45, 2.75) is 142 Å². The molecule has 0 heterocycles. The van der Waals surface area contributed by atoms with Crippen molar-refractivity contribution in [3.05, 3.63) is 134 Å². The maximum Gasteiger partial charge on any atom is 0.472 e. The van der Waals surface area contributed by atoms with Crippen molar-refractivity contribution in [3.8, 4) is 0 Å². The van der Waals surface area contributed by atoms with Gasteiger partial charge >= 0.3 is 13.8 Å². The van der Waals surface area contributed by atoms with Crippen molar-refractivity contribution in [2.24, 2.45) is 0 Å². The van der Waals surface area contributed by atoms with Gasteiger partial charge in [0.05, 0.1) is 32.8 Å². The van der Waals surface area contributed by atoms with Crippen molar-refractivity contribution in [1.82, 2.24) is 0 Å². The van der Waals surface area contributed by atoms with Crippen molar-refractivity contribution in [2.75, 3.05) is 33.0 Å². The number of carbonyl (C=O) groups is 1. The summed E-state index contributed by atoms with van der Waals surface area (Å²) < 4.78 is 33.2. The molecule has 60 heavy (non-hydrogen) atoms. The summed E-state index contributed by atoms with van der Waals surface area (Å²) in [5.41, 5.74) is 0. The third-order valence-corrected chi connectivity index (χ3v) is 9.32. The van der Waals surface area contributed by atoms with E-state index in [0.717, 1.165) is 103 Å². The molecule has 0 spiro atoms. The lowest BCUT2D eigenvalue weighted by atomic mass is 10.1. The van der Waals surface area contributed by atoms with Gasteiger partial charge in [0.15, 0.2) is 0 Å². The molecule has 0 aliphatic heterocycles. The summed E-state index contributed by atoms with van der Waals surface area (Å²) in [6.07, 6.45) is 61.6. The minimum Gasteiger partial charge on any atom is -0.457 e. The highest BCUT2D eigenvalue weighted by atomic mass is 31.2. The van der Waals surface area contributed by atoms with Gasteiger partial charge in [0.25, 0.3) is 0 Å².